The van der Waals surface area contributed by atoms with Gasteiger partial charge in [0.05, 0.1) is 23.3 Å². The predicted octanol–water partition coefficient (Wildman–Crippen LogP) is 3.46. The highest BCUT2D eigenvalue weighted by Crippen LogP contribution is 2.32. The van der Waals surface area contributed by atoms with Crippen LogP contribution in [0.3, 0.4) is 0 Å². The van der Waals surface area contributed by atoms with E-state index in [0.717, 1.165) is 12.3 Å². The number of halogens is 5. The fourth-order valence-corrected chi connectivity index (χ4v) is 2.30. The van der Waals surface area contributed by atoms with E-state index in [4.69, 9.17) is 23.2 Å². The molecule has 0 aliphatic carbocycles. The lowest BCUT2D eigenvalue weighted by Crippen LogP contribution is -2.10. The number of anilines is 1. The average Bonchev–Trinajstić information content (AvgIpc) is 2.89. The molecule has 3 rings (SSSR count). The van der Waals surface area contributed by atoms with Crippen LogP contribution < -0.4 is 5.32 Å². The van der Waals surface area contributed by atoms with Gasteiger partial charge in [-0.2, -0.15) is 13.2 Å². The van der Waals surface area contributed by atoms with Crippen molar-refractivity contribution >= 4 is 34.7 Å². The monoisotopic (exact) mass is 362 g/mol. The summed E-state index contributed by atoms with van der Waals surface area (Å²) in [6.07, 6.45) is -0.964. The highest BCUT2D eigenvalue weighted by molar-refractivity contribution is 6.33. The molecule has 0 unspecified atom stereocenters. The Morgan fingerprint density at radius 1 is 1.17 bits per heavy atom. The zero-order valence-electron chi connectivity index (χ0n) is 11.1. The summed E-state index contributed by atoms with van der Waals surface area (Å²) in [5.74, 6) is 0.555. The van der Waals surface area contributed by atoms with Crippen molar-refractivity contribution in [1.82, 2.24) is 24.6 Å². The van der Waals surface area contributed by atoms with Crippen LogP contribution in [0.15, 0.2) is 24.8 Å². The first-order valence-corrected chi connectivity index (χ1v) is 6.91. The second-order valence-corrected chi connectivity index (χ2v) is 5.27. The van der Waals surface area contributed by atoms with Gasteiger partial charge >= 0.3 is 6.18 Å². The fraction of sp³-hybridized carbons (Fsp3) is 0.167. The maximum absolute atomic E-state index is 12.9. The molecule has 0 aromatic carbocycles. The van der Waals surface area contributed by atoms with Gasteiger partial charge in [0.15, 0.2) is 11.5 Å². The van der Waals surface area contributed by atoms with Crippen LogP contribution in [-0.4, -0.2) is 24.6 Å². The third-order valence-corrected chi connectivity index (χ3v) is 3.49. The zero-order chi connectivity index (χ0) is 16.6. The zero-order valence-corrected chi connectivity index (χ0v) is 12.7. The summed E-state index contributed by atoms with van der Waals surface area (Å²) in [5.41, 5.74) is -0.763. The van der Waals surface area contributed by atoms with E-state index in [1.54, 1.807) is 0 Å². The van der Waals surface area contributed by atoms with E-state index in [-0.39, 0.29) is 28.1 Å². The van der Waals surface area contributed by atoms with E-state index >= 15 is 0 Å². The Kier molecular flexibility index (Phi) is 3.99. The summed E-state index contributed by atoms with van der Waals surface area (Å²) >= 11 is 11.7. The smallest absolute Gasteiger partial charge is 0.361 e. The van der Waals surface area contributed by atoms with E-state index in [0.29, 0.717) is 5.82 Å². The van der Waals surface area contributed by atoms with Crippen LogP contribution in [0.5, 0.6) is 0 Å². The molecule has 120 valence electrons. The number of hydrogen-bond donors (Lipinski definition) is 1. The SMILES string of the molecule is FC(F)(F)c1cc(Cl)c2nnc(CNc3ncncc3Cl)n2c1. The summed E-state index contributed by atoms with van der Waals surface area (Å²) in [4.78, 5) is 7.65. The van der Waals surface area contributed by atoms with Gasteiger partial charge in [0, 0.05) is 6.20 Å². The number of rotatable bonds is 3. The lowest BCUT2D eigenvalue weighted by molar-refractivity contribution is -0.137. The molecule has 0 aliphatic rings. The normalized spacial score (nSPS) is 11.9. The molecule has 0 radical (unpaired) electrons. The van der Waals surface area contributed by atoms with Crippen LogP contribution in [0.4, 0.5) is 19.0 Å². The standard InChI is InChI=1S/C12H7Cl2F3N6/c13-7-1-6(12(15,16)17)4-23-9(21-22-11(7)23)3-19-10-8(14)2-18-5-20-10/h1-2,4-5H,3H2,(H,18,19,20). The van der Waals surface area contributed by atoms with Gasteiger partial charge < -0.3 is 5.32 Å². The van der Waals surface area contributed by atoms with E-state index in [1.165, 1.54) is 16.9 Å². The predicted molar refractivity (Wildman–Crippen MR) is 77.4 cm³/mol. The summed E-state index contributed by atoms with van der Waals surface area (Å²) < 4.78 is 39.8. The van der Waals surface area contributed by atoms with E-state index in [1.807, 2.05) is 0 Å². The molecule has 0 saturated heterocycles. The third-order valence-electron chi connectivity index (χ3n) is 2.94. The summed E-state index contributed by atoms with van der Waals surface area (Å²) in [6.45, 7) is 0.0511. The second kappa shape index (κ2) is 5.82. The van der Waals surface area contributed by atoms with Crippen LogP contribution in [0.2, 0.25) is 10.0 Å². The number of nitrogens with one attached hydrogen (secondary N) is 1. The molecular weight excluding hydrogens is 356 g/mol. The van der Waals surface area contributed by atoms with Crippen LogP contribution in [0, 0.1) is 0 Å². The van der Waals surface area contributed by atoms with Gasteiger partial charge in [-0.3, -0.25) is 4.40 Å². The molecule has 6 nitrogen and oxygen atoms in total. The van der Waals surface area contributed by atoms with Gasteiger partial charge in [0.2, 0.25) is 0 Å². The first kappa shape index (κ1) is 15.8. The van der Waals surface area contributed by atoms with Crippen molar-refractivity contribution in [2.75, 3.05) is 5.32 Å². The highest BCUT2D eigenvalue weighted by atomic mass is 35.5. The Hall–Kier alpha value is -2.13. The molecule has 1 N–H and O–H groups in total. The maximum atomic E-state index is 12.9. The molecular formula is C12H7Cl2F3N6. The minimum atomic E-state index is -4.53. The average molecular weight is 363 g/mol. The van der Waals surface area contributed by atoms with Gasteiger partial charge in [-0.1, -0.05) is 23.2 Å². The first-order valence-electron chi connectivity index (χ1n) is 6.16. The van der Waals surface area contributed by atoms with Crippen LogP contribution in [-0.2, 0) is 12.7 Å². The molecule has 3 aromatic heterocycles. The molecule has 0 amide bonds. The van der Waals surface area contributed by atoms with Crippen LogP contribution >= 0.6 is 23.2 Å². The van der Waals surface area contributed by atoms with E-state index < -0.39 is 11.7 Å². The van der Waals surface area contributed by atoms with E-state index in [2.05, 4.69) is 25.5 Å². The number of pyridine rings is 1. The molecule has 0 spiro atoms. The van der Waals surface area contributed by atoms with Crippen molar-refractivity contribution < 1.29 is 13.2 Å². The summed E-state index contributed by atoms with van der Waals surface area (Å²) in [5, 5.41) is 10.6. The quantitative estimate of drug-likeness (QED) is 0.772. The Morgan fingerprint density at radius 2 is 1.96 bits per heavy atom. The Morgan fingerprint density at radius 3 is 2.65 bits per heavy atom. The largest absolute Gasteiger partial charge is 0.417 e. The Balaban J connectivity index is 1.95. The second-order valence-electron chi connectivity index (χ2n) is 4.46. The molecule has 3 heterocycles. The summed E-state index contributed by atoms with van der Waals surface area (Å²) in [6, 6.07) is 0.810. The van der Waals surface area contributed by atoms with Crippen molar-refractivity contribution in [3.8, 4) is 0 Å². The topological polar surface area (TPSA) is 68.0 Å². The number of aromatic nitrogens is 5. The molecule has 11 heteroatoms. The Labute approximate surface area is 137 Å². The molecule has 0 aliphatic heterocycles. The van der Waals surface area contributed by atoms with Gasteiger partial charge in [-0.15, -0.1) is 10.2 Å². The number of nitrogens with zero attached hydrogens (tertiary/aromatic N) is 5. The molecule has 0 atom stereocenters. The molecule has 0 saturated carbocycles. The number of fused-ring (bicyclic) bond motifs is 1. The highest BCUT2D eigenvalue weighted by Gasteiger charge is 2.32. The molecule has 0 bridgehead atoms. The van der Waals surface area contributed by atoms with Crippen molar-refractivity contribution in [2.24, 2.45) is 0 Å². The lowest BCUT2D eigenvalue weighted by Gasteiger charge is -2.09. The molecule has 3 aromatic rings. The van der Waals surface area contributed by atoms with Crippen molar-refractivity contribution in [3.05, 3.63) is 46.2 Å². The van der Waals surface area contributed by atoms with Gasteiger partial charge in [0.25, 0.3) is 0 Å². The van der Waals surface area contributed by atoms with Crippen molar-refractivity contribution in [2.45, 2.75) is 12.7 Å². The van der Waals surface area contributed by atoms with Gasteiger partial charge in [-0.05, 0) is 6.07 Å². The lowest BCUT2D eigenvalue weighted by atomic mass is 10.3. The van der Waals surface area contributed by atoms with Crippen LogP contribution in [0.1, 0.15) is 11.4 Å². The van der Waals surface area contributed by atoms with E-state index in [9.17, 15) is 13.2 Å². The van der Waals surface area contributed by atoms with Crippen molar-refractivity contribution in [3.63, 3.8) is 0 Å². The minimum absolute atomic E-state index is 0.0511. The van der Waals surface area contributed by atoms with Crippen molar-refractivity contribution in [1.29, 1.82) is 0 Å². The summed E-state index contributed by atoms with van der Waals surface area (Å²) in [7, 11) is 0. The number of alkyl halides is 3. The fourth-order valence-electron chi connectivity index (χ4n) is 1.88. The minimum Gasteiger partial charge on any atom is -0.361 e. The first-order chi connectivity index (χ1) is 10.9. The molecule has 0 fully saturated rings. The number of hydrogen-bond acceptors (Lipinski definition) is 5. The van der Waals surface area contributed by atoms with Gasteiger partial charge in [0.1, 0.15) is 17.2 Å². The van der Waals surface area contributed by atoms with Gasteiger partial charge in [-0.25, -0.2) is 9.97 Å². The third kappa shape index (κ3) is 3.15. The Bertz CT molecular complexity index is 864. The molecule has 23 heavy (non-hydrogen) atoms. The van der Waals surface area contributed by atoms with Crippen LogP contribution in [0.25, 0.3) is 5.65 Å². The maximum Gasteiger partial charge on any atom is 0.417 e.